The van der Waals surface area contributed by atoms with Gasteiger partial charge in [0.1, 0.15) is 17.3 Å². The van der Waals surface area contributed by atoms with E-state index in [-0.39, 0.29) is 17.3 Å². The van der Waals surface area contributed by atoms with E-state index in [0.717, 1.165) is 0 Å². The summed E-state index contributed by atoms with van der Waals surface area (Å²) in [6, 6.07) is 5.37. The normalized spacial score (nSPS) is 11.6. The predicted molar refractivity (Wildman–Crippen MR) is 64.2 cm³/mol. The van der Waals surface area contributed by atoms with Gasteiger partial charge in [-0.05, 0) is 36.8 Å². The van der Waals surface area contributed by atoms with Gasteiger partial charge >= 0.3 is 6.36 Å². The van der Waals surface area contributed by atoms with Crippen molar-refractivity contribution in [1.29, 1.82) is 5.41 Å². The lowest BCUT2D eigenvalue weighted by molar-refractivity contribution is -0.274. The smallest absolute Gasteiger partial charge is 0.406 e. The Morgan fingerprint density at radius 1 is 1.32 bits per heavy atom. The van der Waals surface area contributed by atoms with Crippen LogP contribution in [0, 0.1) is 12.3 Å². The Balaban J connectivity index is 2.52. The van der Waals surface area contributed by atoms with Gasteiger partial charge in [-0.1, -0.05) is 0 Å². The van der Waals surface area contributed by atoms with Crippen molar-refractivity contribution in [2.45, 2.75) is 13.3 Å². The first-order chi connectivity index (χ1) is 8.76. The Kier molecular flexibility index (Phi) is 3.05. The first-order valence-electron chi connectivity index (χ1n) is 5.28. The van der Waals surface area contributed by atoms with E-state index < -0.39 is 6.36 Å². The fourth-order valence-corrected chi connectivity index (χ4v) is 1.71. The molecular formula is C12H10F3N3O. The van der Waals surface area contributed by atoms with E-state index in [1.54, 1.807) is 13.0 Å². The Morgan fingerprint density at radius 3 is 2.58 bits per heavy atom. The number of hydrogen-bond acceptors (Lipinski definition) is 3. The third kappa shape index (κ3) is 2.93. The van der Waals surface area contributed by atoms with Crippen LogP contribution in [-0.2, 0) is 0 Å². The van der Waals surface area contributed by atoms with Gasteiger partial charge in [0.25, 0.3) is 0 Å². The van der Waals surface area contributed by atoms with E-state index in [4.69, 9.17) is 11.1 Å². The summed E-state index contributed by atoms with van der Waals surface area (Å²) in [6.45, 7) is 1.70. The summed E-state index contributed by atoms with van der Waals surface area (Å²) in [6.07, 6.45) is -4.73. The molecule has 0 atom stereocenters. The quantitative estimate of drug-likeness (QED) is 0.650. The molecule has 1 heterocycles. The molecule has 0 unspecified atom stereocenters. The number of hydrogen-bond donors (Lipinski definition) is 2. The summed E-state index contributed by atoms with van der Waals surface area (Å²) in [5, 5.41) is 7.83. The Hall–Kier alpha value is -2.31. The number of ether oxygens (including phenoxy) is 1. The molecule has 0 radical (unpaired) electrons. The van der Waals surface area contributed by atoms with Gasteiger partial charge < -0.3 is 10.5 Å². The van der Waals surface area contributed by atoms with Crippen LogP contribution in [0.15, 0.2) is 24.3 Å². The van der Waals surface area contributed by atoms with Crippen LogP contribution in [0.1, 0.15) is 11.3 Å². The molecule has 1 aromatic heterocycles. The molecule has 19 heavy (non-hydrogen) atoms. The van der Waals surface area contributed by atoms with Gasteiger partial charge in [0.15, 0.2) is 0 Å². The lowest BCUT2D eigenvalue weighted by atomic mass is 10.1. The molecule has 7 heteroatoms. The van der Waals surface area contributed by atoms with Crippen LogP contribution in [-0.4, -0.2) is 17.2 Å². The number of amidine groups is 1. The monoisotopic (exact) mass is 269 g/mol. The van der Waals surface area contributed by atoms with Gasteiger partial charge in [-0.3, -0.25) is 5.41 Å². The van der Waals surface area contributed by atoms with Gasteiger partial charge in [0.05, 0.1) is 5.52 Å². The number of halogens is 3. The number of rotatable bonds is 2. The van der Waals surface area contributed by atoms with E-state index >= 15 is 0 Å². The minimum atomic E-state index is -4.73. The largest absolute Gasteiger partial charge is 0.573 e. The van der Waals surface area contributed by atoms with Gasteiger partial charge in [-0.25, -0.2) is 4.98 Å². The van der Waals surface area contributed by atoms with Crippen LogP contribution >= 0.6 is 0 Å². The lowest BCUT2D eigenvalue weighted by Gasteiger charge is -2.11. The van der Waals surface area contributed by atoms with Crippen LogP contribution < -0.4 is 10.5 Å². The number of nitrogens with zero attached hydrogens (tertiary/aromatic N) is 1. The molecule has 2 rings (SSSR count). The zero-order valence-corrected chi connectivity index (χ0v) is 9.88. The summed E-state index contributed by atoms with van der Waals surface area (Å²) >= 11 is 0. The van der Waals surface area contributed by atoms with E-state index in [0.29, 0.717) is 16.5 Å². The molecule has 0 bridgehead atoms. The average Bonchev–Trinajstić information content (AvgIpc) is 2.27. The van der Waals surface area contributed by atoms with Crippen molar-refractivity contribution in [2.24, 2.45) is 5.73 Å². The number of aromatic nitrogens is 1. The zero-order valence-electron chi connectivity index (χ0n) is 9.88. The van der Waals surface area contributed by atoms with Crippen LogP contribution in [0.25, 0.3) is 10.9 Å². The first kappa shape index (κ1) is 13.1. The van der Waals surface area contributed by atoms with Crippen molar-refractivity contribution in [3.05, 3.63) is 35.5 Å². The molecule has 2 aromatic rings. The Labute approximate surface area is 106 Å². The summed E-state index contributed by atoms with van der Waals surface area (Å²) in [4.78, 5) is 4.09. The van der Waals surface area contributed by atoms with Gasteiger partial charge in [0.2, 0.25) is 0 Å². The van der Waals surface area contributed by atoms with E-state index in [1.165, 1.54) is 18.2 Å². The number of alkyl halides is 3. The topological polar surface area (TPSA) is 72.0 Å². The highest BCUT2D eigenvalue weighted by Crippen LogP contribution is 2.27. The number of benzene rings is 1. The van der Waals surface area contributed by atoms with Crippen molar-refractivity contribution < 1.29 is 17.9 Å². The maximum Gasteiger partial charge on any atom is 0.573 e. The van der Waals surface area contributed by atoms with Crippen molar-refractivity contribution in [3.63, 3.8) is 0 Å². The maximum atomic E-state index is 12.1. The van der Waals surface area contributed by atoms with E-state index in [1.807, 2.05) is 0 Å². The van der Waals surface area contributed by atoms with Crippen LogP contribution in [0.3, 0.4) is 0 Å². The number of fused-ring (bicyclic) bond motifs is 1. The highest BCUT2D eigenvalue weighted by atomic mass is 19.4. The number of nitrogens with one attached hydrogen (secondary N) is 1. The van der Waals surface area contributed by atoms with Gasteiger partial charge in [-0.2, -0.15) is 0 Å². The molecule has 0 aliphatic carbocycles. The Bertz CT molecular complexity index is 652. The minimum Gasteiger partial charge on any atom is -0.406 e. The second-order valence-corrected chi connectivity index (χ2v) is 3.96. The van der Waals surface area contributed by atoms with Crippen LogP contribution in [0.2, 0.25) is 0 Å². The van der Waals surface area contributed by atoms with Crippen LogP contribution in [0.4, 0.5) is 13.2 Å². The SMILES string of the molecule is Cc1cc(C(=N)N)nc2ccc(OC(F)(F)F)cc12. The van der Waals surface area contributed by atoms with Gasteiger partial charge in [0, 0.05) is 5.39 Å². The highest BCUT2D eigenvalue weighted by molar-refractivity contribution is 5.96. The predicted octanol–water partition coefficient (Wildman–Crippen LogP) is 2.73. The molecule has 0 spiro atoms. The number of pyridine rings is 1. The molecule has 0 saturated carbocycles. The molecule has 0 aliphatic heterocycles. The molecule has 0 fully saturated rings. The second-order valence-electron chi connectivity index (χ2n) is 3.96. The number of nitrogens with two attached hydrogens (primary N) is 1. The molecule has 0 aliphatic rings. The molecule has 3 N–H and O–H groups in total. The van der Waals surface area contributed by atoms with Crippen molar-refractivity contribution in [3.8, 4) is 5.75 Å². The van der Waals surface area contributed by atoms with Gasteiger partial charge in [-0.15, -0.1) is 13.2 Å². The molecule has 4 nitrogen and oxygen atoms in total. The summed E-state index contributed by atoms with van der Waals surface area (Å²) in [7, 11) is 0. The molecule has 100 valence electrons. The minimum absolute atomic E-state index is 0.194. The van der Waals surface area contributed by atoms with Crippen molar-refractivity contribution >= 4 is 16.7 Å². The number of aryl methyl sites for hydroxylation is 1. The molecule has 0 amide bonds. The first-order valence-corrected chi connectivity index (χ1v) is 5.28. The lowest BCUT2D eigenvalue weighted by Crippen LogP contribution is -2.17. The Morgan fingerprint density at radius 2 is 2.00 bits per heavy atom. The third-order valence-corrected chi connectivity index (χ3v) is 2.50. The summed E-state index contributed by atoms with van der Waals surface area (Å²) < 4.78 is 40.2. The number of nitrogen functional groups attached to an aromatic ring is 1. The fourth-order valence-electron chi connectivity index (χ4n) is 1.71. The highest BCUT2D eigenvalue weighted by Gasteiger charge is 2.31. The molecule has 1 aromatic carbocycles. The van der Waals surface area contributed by atoms with E-state index in [9.17, 15) is 13.2 Å². The summed E-state index contributed by atoms with van der Waals surface area (Å²) in [5.41, 5.74) is 6.75. The second kappa shape index (κ2) is 4.42. The molecular weight excluding hydrogens is 259 g/mol. The summed E-state index contributed by atoms with van der Waals surface area (Å²) in [5.74, 6) is -0.499. The fraction of sp³-hybridized carbons (Fsp3) is 0.167. The van der Waals surface area contributed by atoms with Crippen LogP contribution in [0.5, 0.6) is 5.75 Å². The van der Waals surface area contributed by atoms with Crippen molar-refractivity contribution in [2.75, 3.05) is 0 Å². The zero-order chi connectivity index (χ0) is 14.2. The maximum absolute atomic E-state index is 12.1. The van der Waals surface area contributed by atoms with Crippen molar-refractivity contribution in [1.82, 2.24) is 4.98 Å². The third-order valence-electron chi connectivity index (χ3n) is 2.50. The average molecular weight is 269 g/mol. The van der Waals surface area contributed by atoms with E-state index in [2.05, 4.69) is 9.72 Å². The standard InChI is InChI=1S/C12H10F3N3O/c1-6-4-10(11(16)17)18-9-3-2-7(5-8(6)9)19-12(13,14)15/h2-5H,1H3,(H3,16,17). The molecule has 0 saturated heterocycles.